The third-order valence-electron chi connectivity index (χ3n) is 3.82. The van der Waals surface area contributed by atoms with Gasteiger partial charge in [-0.3, -0.25) is 0 Å². The highest BCUT2D eigenvalue weighted by atomic mass is 15.0. The minimum Gasteiger partial charge on any atom is -0.344 e. The van der Waals surface area contributed by atoms with Gasteiger partial charge in [0.15, 0.2) is 0 Å². The molecule has 0 atom stereocenters. The number of aryl methyl sites for hydroxylation is 2. The van der Waals surface area contributed by atoms with Crippen LogP contribution in [0.4, 0.5) is 0 Å². The monoisotopic (exact) mass is 261 g/mol. The Labute approximate surface area is 120 Å². The van der Waals surface area contributed by atoms with Crippen molar-refractivity contribution in [3.05, 3.63) is 71.8 Å². The first-order valence-corrected chi connectivity index (χ1v) is 6.95. The van der Waals surface area contributed by atoms with E-state index in [0.29, 0.717) is 0 Å². The summed E-state index contributed by atoms with van der Waals surface area (Å²) in [5.41, 5.74) is 7.61. The van der Waals surface area contributed by atoms with Crippen LogP contribution < -0.4 is 0 Å². The average molecular weight is 261 g/mol. The maximum Gasteiger partial charge on any atom is 0.0482 e. The van der Waals surface area contributed by atoms with Crippen LogP contribution in [0.2, 0.25) is 0 Å². The fourth-order valence-corrected chi connectivity index (χ4v) is 2.54. The van der Waals surface area contributed by atoms with E-state index in [1.807, 2.05) is 0 Å². The van der Waals surface area contributed by atoms with E-state index in [-0.39, 0.29) is 0 Å². The molecule has 0 saturated heterocycles. The highest BCUT2D eigenvalue weighted by molar-refractivity contribution is 5.69. The molecule has 2 aromatic carbocycles. The molecule has 0 unspecified atom stereocenters. The summed E-state index contributed by atoms with van der Waals surface area (Å²) in [6.45, 7) is 4.24. The molecular weight excluding hydrogens is 242 g/mol. The molecule has 3 aromatic rings. The topological polar surface area (TPSA) is 4.93 Å². The minimum absolute atomic E-state index is 1.25. The van der Waals surface area contributed by atoms with Gasteiger partial charge in [0, 0.05) is 18.4 Å². The Kier molecular flexibility index (Phi) is 3.19. The third kappa shape index (κ3) is 2.27. The largest absolute Gasteiger partial charge is 0.344 e. The molecule has 1 aromatic heterocycles. The molecule has 100 valence electrons. The first kappa shape index (κ1) is 12.7. The standard InChI is InChI=1S/C19H19N/c1-14-4-8-16(9-5-14)18-12-13-19(20(18)3)17-10-6-15(2)7-11-17/h4-13H,1-3H3. The molecule has 0 saturated carbocycles. The molecule has 0 aliphatic carbocycles. The maximum atomic E-state index is 2.26. The molecule has 0 N–H and O–H groups in total. The zero-order chi connectivity index (χ0) is 14.1. The van der Waals surface area contributed by atoms with Crippen molar-refractivity contribution >= 4 is 0 Å². The Morgan fingerprint density at radius 3 is 1.25 bits per heavy atom. The van der Waals surface area contributed by atoms with Crippen molar-refractivity contribution in [2.75, 3.05) is 0 Å². The molecule has 0 bridgehead atoms. The van der Waals surface area contributed by atoms with E-state index in [9.17, 15) is 0 Å². The lowest BCUT2D eigenvalue weighted by Crippen LogP contribution is -1.94. The summed E-state index contributed by atoms with van der Waals surface area (Å²) in [6, 6.07) is 21.8. The van der Waals surface area contributed by atoms with Gasteiger partial charge in [-0.1, -0.05) is 59.7 Å². The van der Waals surface area contributed by atoms with E-state index in [0.717, 1.165) is 0 Å². The minimum atomic E-state index is 1.25. The zero-order valence-electron chi connectivity index (χ0n) is 12.2. The van der Waals surface area contributed by atoms with Crippen molar-refractivity contribution in [2.45, 2.75) is 13.8 Å². The second-order valence-corrected chi connectivity index (χ2v) is 5.39. The van der Waals surface area contributed by atoms with Crippen molar-refractivity contribution in [1.82, 2.24) is 4.57 Å². The fraction of sp³-hybridized carbons (Fsp3) is 0.158. The Hall–Kier alpha value is -2.28. The summed E-state index contributed by atoms with van der Waals surface area (Å²) in [4.78, 5) is 0. The Morgan fingerprint density at radius 1 is 0.550 bits per heavy atom. The van der Waals surface area contributed by atoms with E-state index >= 15 is 0 Å². The molecule has 0 fully saturated rings. The van der Waals surface area contributed by atoms with Crippen molar-refractivity contribution in [3.8, 4) is 22.5 Å². The van der Waals surface area contributed by atoms with Gasteiger partial charge in [-0.15, -0.1) is 0 Å². The van der Waals surface area contributed by atoms with Gasteiger partial charge >= 0.3 is 0 Å². The van der Waals surface area contributed by atoms with Crippen LogP contribution in [0.1, 0.15) is 11.1 Å². The van der Waals surface area contributed by atoms with Gasteiger partial charge in [-0.25, -0.2) is 0 Å². The number of benzene rings is 2. The molecule has 0 spiro atoms. The summed E-state index contributed by atoms with van der Waals surface area (Å²) in [5.74, 6) is 0. The lowest BCUT2D eigenvalue weighted by Gasteiger charge is -2.09. The molecule has 1 heterocycles. The highest BCUT2D eigenvalue weighted by Crippen LogP contribution is 2.28. The number of hydrogen-bond donors (Lipinski definition) is 0. The highest BCUT2D eigenvalue weighted by Gasteiger charge is 2.08. The summed E-state index contributed by atoms with van der Waals surface area (Å²) in [7, 11) is 2.13. The molecule has 3 rings (SSSR count). The number of nitrogens with zero attached hydrogens (tertiary/aromatic N) is 1. The van der Waals surface area contributed by atoms with Gasteiger partial charge in [0.25, 0.3) is 0 Å². The lowest BCUT2D eigenvalue weighted by molar-refractivity contribution is 0.946. The van der Waals surface area contributed by atoms with Crippen molar-refractivity contribution in [3.63, 3.8) is 0 Å². The van der Waals surface area contributed by atoms with Crippen molar-refractivity contribution in [2.24, 2.45) is 7.05 Å². The number of hydrogen-bond acceptors (Lipinski definition) is 0. The molecule has 0 radical (unpaired) electrons. The summed E-state index contributed by atoms with van der Waals surface area (Å²) in [6.07, 6.45) is 0. The van der Waals surface area contributed by atoms with Gasteiger partial charge in [0.2, 0.25) is 0 Å². The zero-order valence-corrected chi connectivity index (χ0v) is 12.2. The van der Waals surface area contributed by atoms with Crippen LogP contribution in [-0.2, 0) is 7.05 Å². The molecule has 0 amide bonds. The van der Waals surface area contributed by atoms with Crippen LogP contribution in [0, 0.1) is 13.8 Å². The van der Waals surface area contributed by atoms with Gasteiger partial charge in [-0.2, -0.15) is 0 Å². The molecule has 0 aliphatic rings. The van der Waals surface area contributed by atoms with Crippen LogP contribution in [-0.4, -0.2) is 4.57 Å². The second kappa shape index (κ2) is 5.01. The van der Waals surface area contributed by atoms with Gasteiger partial charge < -0.3 is 4.57 Å². The van der Waals surface area contributed by atoms with Gasteiger partial charge in [0.1, 0.15) is 0 Å². The normalized spacial score (nSPS) is 10.8. The fourth-order valence-electron chi connectivity index (χ4n) is 2.54. The smallest absolute Gasteiger partial charge is 0.0482 e. The molecular formula is C19H19N. The molecule has 20 heavy (non-hydrogen) atoms. The van der Waals surface area contributed by atoms with E-state index in [4.69, 9.17) is 0 Å². The van der Waals surface area contributed by atoms with Gasteiger partial charge in [-0.05, 0) is 37.1 Å². The predicted molar refractivity (Wildman–Crippen MR) is 85.8 cm³/mol. The van der Waals surface area contributed by atoms with Gasteiger partial charge in [0.05, 0.1) is 0 Å². The van der Waals surface area contributed by atoms with E-state index < -0.39 is 0 Å². The Morgan fingerprint density at radius 2 is 0.900 bits per heavy atom. The molecule has 0 aliphatic heterocycles. The SMILES string of the molecule is Cc1ccc(-c2ccc(-c3ccc(C)cc3)n2C)cc1. The van der Waals surface area contributed by atoms with Crippen LogP contribution >= 0.6 is 0 Å². The summed E-state index contributed by atoms with van der Waals surface area (Å²) < 4.78 is 2.26. The average Bonchev–Trinajstić information content (AvgIpc) is 2.83. The quantitative estimate of drug-likeness (QED) is 0.613. The molecule has 1 heteroatoms. The Balaban J connectivity index is 2.04. The predicted octanol–water partition coefficient (Wildman–Crippen LogP) is 4.98. The molecule has 1 nitrogen and oxygen atoms in total. The van der Waals surface area contributed by atoms with E-state index in [2.05, 4.69) is 86.1 Å². The third-order valence-corrected chi connectivity index (χ3v) is 3.82. The van der Waals surface area contributed by atoms with Crippen LogP contribution in [0.5, 0.6) is 0 Å². The number of aromatic nitrogens is 1. The van der Waals surface area contributed by atoms with Crippen LogP contribution in [0.3, 0.4) is 0 Å². The maximum absolute atomic E-state index is 2.26. The lowest BCUT2D eigenvalue weighted by atomic mass is 10.1. The Bertz CT molecular complexity index is 652. The first-order chi connectivity index (χ1) is 9.65. The number of rotatable bonds is 2. The van der Waals surface area contributed by atoms with Crippen LogP contribution in [0.15, 0.2) is 60.7 Å². The van der Waals surface area contributed by atoms with Crippen molar-refractivity contribution in [1.29, 1.82) is 0 Å². The van der Waals surface area contributed by atoms with Crippen molar-refractivity contribution < 1.29 is 0 Å². The van der Waals surface area contributed by atoms with Crippen LogP contribution in [0.25, 0.3) is 22.5 Å². The first-order valence-electron chi connectivity index (χ1n) is 6.95. The van der Waals surface area contributed by atoms with E-state index in [1.54, 1.807) is 0 Å². The second-order valence-electron chi connectivity index (χ2n) is 5.39. The summed E-state index contributed by atoms with van der Waals surface area (Å²) in [5, 5.41) is 0. The van der Waals surface area contributed by atoms with E-state index in [1.165, 1.54) is 33.6 Å². The summed E-state index contributed by atoms with van der Waals surface area (Å²) >= 11 is 0.